The van der Waals surface area contributed by atoms with Crippen LogP contribution in [0.15, 0.2) is 24.5 Å². The number of aliphatic hydroxyl groups is 1. The molecule has 1 saturated carbocycles. The third kappa shape index (κ3) is 3.34. The van der Waals surface area contributed by atoms with Crippen LogP contribution in [0.2, 0.25) is 0 Å². The van der Waals surface area contributed by atoms with Crippen molar-refractivity contribution in [3.05, 3.63) is 30.1 Å². The van der Waals surface area contributed by atoms with Crippen molar-refractivity contribution in [2.75, 3.05) is 26.3 Å². The third-order valence-corrected chi connectivity index (χ3v) is 5.64. The molecular formula is C19H26N4O3. The number of nitrogens with zero attached hydrogens (tertiary/aromatic N) is 3. The molecular weight excluding hydrogens is 332 g/mol. The van der Waals surface area contributed by atoms with Crippen molar-refractivity contribution >= 4 is 16.9 Å². The van der Waals surface area contributed by atoms with E-state index < -0.39 is 6.10 Å². The van der Waals surface area contributed by atoms with E-state index in [2.05, 4.69) is 15.2 Å². The normalized spacial score (nSPS) is 27.5. The maximum absolute atomic E-state index is 12.7. The zero-order valence-electron chi connectivity index (χ0n) is 15.1. The first kappa shape index (κ1) is 17.5. The summed E-state index contributed by atoms with van der Waals surface area (Å²) in [6.45, 7) is 3.12. The molecule has 3 atom stereocenters. The summed E-state index contributed by atoms with van der Waals surface area (Å²) < 4.78 is 7.34. The molecule has 0 radical (unpaired) electrons. The molecule has 7 nitrogen and oxygen atoms in total. The number of benzene rings is 1. The third-order valence-electron chi connectivity index (χ3n) is 5.64. The zero-order valence-corrected chi connectivity index (χ0v) is 15.1. The molecule has 0 bridgehead atoms. The molecule has 2 fully saturated rings. The Hall–Kier alpha value is -1.96. The van der Waals surface area contributed by atoms with Crippen LogP contribution < -0.4 is 5.32 Å². The number of carbonyl (C=O) groups is 1. The number of ether oxygens (including phenoxy) is 1. The van der Waals surface area contributed by atoms with Crippen molar-refractivity contribution in [2.45, 2.75) is 37.5 Å². The number of rotatable bonds is 3. The molecule has 7 heteroatoms. The molecule has 1 aliphatic carbocycles. The summed E-state index contributed by atoms with van der Waals surface area (Å²) in [5.41, 5.74) is 2.37. The number of carbonyl (C=O) groups excluding carboxylic acids is 1. The van der Waals surface area contributed by atoms with Gasteiger partial charge >= 0.3 is 0 Å². The van der Waals surface area contributed by atoms with E-state index in [0.717, 1.165) is 43.4 Å². The number of nitrogens with one attached hydrogen (secondary N) is 1. The molecule has 1 amide bonds. The van der Waals surface area contributed by atoms with E-state index in [1.165, 1.54) is 0 Å². The Morgan fingerprint density at radius 3 is 2.92 bits per heavy atom. The second kappa shape index (κ2) is 7.34. The molecule has 1 aliphatic heterocycles. The van der Waals surface area contributed by atoms with Gasteiger partial charge in [0.2, 0.25) is 0 Å². The van der Waals surface area contributed by atoms with Crippen molar-refractivity contribution in [1.82, 2.24) is 19.8 Å². The van der Waals surface area contributed by atoms with E-state index in [0.29, 0.717) is 18.8 Å². The van der Waals surface area contributed by atoms with E-state index in [-0.39, 0.29) is 18.0 Å². The molecule has 2 aliphatic rings. The van der Waals surface area contributed by atoms with Crippen molar-refractivity contribution in [3.63, 3.8) is 0 Å². The number of aryl methyl sites for hydroxylation is 1. The summed E-state index contributed by atoms with van der Waals surface area (Å²) >= 11 is 0. The van der Waals surface area contributed by atoms with Crippen molar-refractivity contribution in [2.24, 2.45) is 7.05 Å². The molecule has 1 aromatic heterocycles. The van der Waals surface area contributed by atoms with Gasteiger partial charge in [-0.15, -0.1) is 0 Å². The Bertz CT molecular complexity index is 784. The van der Waals surface area contributed by atoms with Crippen molar-refractivity contribution < 1.29 is 14.6 Å². The topological polar surface area (TPSA) is 79.6 Å². The van der Waals surface area contributed by atoms with Crippen LogP contribution in [0.1, 0.15) is 29.6 Å². The molecule has 140 valence electrons. The van der Waals surface area contributed by atoms with E-state index >= 15 is 0 Å². The van der Waals surface area contributed by atoms with Gasteiger partial charge in [-0.05, 0) is 37.5 Å². The van der Waals surface area contributed by atoms with Crippen molar-refractivity contribution in [3.8, 4) is 0 Å². The summed E-state index contributed by atoms with van der Waals surface area (Å²) in [5.74, 6) is -0.149. The number of imidazole rings is 1. The monoisotopic (exact) mass is 358 g/mol. The van der Waals surface area contributed by atoms with Crippen LogP contribution in [0.25, 0.3) is 11.0 Å². The highest BCUT2D eigenvalue weighted by Gasteiger charge is 2.36. The standard InChI is InChI=1S/C19H26N4O3/c1-22-12-20-15-11-13(5-6-16(15)22)19(25)21-14-3-2-4-17(18(14)24)23-7-9-26-10-8-23/h5-6,11-12,14,17-18,24H,2-4,7-10H2,1H3,(H,21,25)/t14-,17-,18-/m1/s1. The highest BCUT2D eigenvalue weighted by molar-refractivity contribution is 5.97. The summed E-state index contributed by atoms with van der Waals surface area (Å²) in [6, 6.07) is 5.40. The van der Waals surface area contributed by atoms with Gasteiger partial charge in [0.15, 0.2) is 0 Å². The molecule has 0 unspecified atom stereocenters. The quantitative estimate of drug-likeness (QED) is 0.853. The minimum absolute atomic E-state index is 0.0937. The summed E-state index contributed by atoms with van der Waals surface area (Å²) in [5, 5.41) is 13.9. The van der Waals surface area contributed by atoms with Crippen LogP contribution in [0.5, 0.6) is 0 Å². The van der Waals surface area contributed by atoms with Gasteiger partial charge in [0.1, 0.15) is 0 Å². The van der Waals surface area contributed by atoms with Crippen molar-refractivity contribution in [1.29, 1.82) is 0 Å². The van der Waals surface area contributed by atoms with Crippen LogP contribution in [0.3, 0.4) is 0 Å². The maximum Gasteiger partial charge on any atom is 0.251 e. The molecule has 1 aromatic carbocycles. The summed E-state index contributed by atoms with van der Waals surface area (Å²) in [6.07, 6.45) is 3.96. The molecule has 2 N–H and O–H groups in total. The Balaban J connectivity index is 1.45. The van der Waals surface area contributed by atoms with Crippen LogP contribution in [-0.2, 0) is 11.8 Å². The SMILES string of the molecule is Cn1cnc2cc(C(=O)N[C@@H]3CCC[C@@H](N4CCOCC4)[C@@H]3O)ccc21. The minimum atomic E-state index is -0.551. The molecule has 2 aromatic rings. The number of aliphatic hydroxyl groups excluding tert-OH is 1. The van der Waals surface area contributed by atoms with E-state index in [1.54, 1.807) is 12.4 Å². The predicted octanol–water partition coefficient (Wildman–Crippen LogP) is 0.917. The lowest BCUT2D eigenvalue weighted by molar-refractivity contribution is -0.0459. The fraction of sp³-hybridized carbons (Fsp3) is 0.579. The first-order chi connectivity index (χ1) is 12.6. The number of morpholine rings is 1. The van der Waals surface area contributed by atoms with E-state index in [9.17, 15) is 9.90 Å². The van der Waals surface area contributed by atoms with Gasteiger partial charge in [-0.25, -0.2) is 4.98 Å². The first-order valence-electron chi connectivity index (χ1n) is 9.35. The molecule has 0 spiro atoms. The Labute approximate surface area is 152 Å². The summed E-state index contributed by atoms with van der Waals surface area (Å²) in [7, 11) is 1.93. The lowest BCUT2D eigenvalue weighted by Gasteiger charge is -2.43. The van der Waals surface area contributed by atoms with E-state index in [4.69, 9.17) is 4.74 Å². The average Bonchev–Trinajstić information content (AvgIpc) is 3.04. The van der Waals surface area contributed by atoms with Gasteiger partial charge in [0.05, 0.1) is 42.7 Å². The van der Waals surface area contributed by atoms with Crippen LogP contribution in [-0.4, -0.2) is 70.0 Å². The van der Waals surface area contributed by atoms with Gasteiger partial charge in [-0.2, -0.15) is 0 Å². The number of fused-ring (bicyclic) bond motifs is 1. The van der Waals surface area contributed by atoms with Gasteiger partial charge in [0.25, 0.3) is 5.91 Å². The Morgan fingerprint density at radius 2 is 2.12 bits per heavy atom. The van der Waals surface area contributed by atoms with Crippen LogP contribution >= 0.6 is 0 Å². The van der Waals surface area contributed by atoms with Gasteiger partial charge < -0.3 is 19.7 Å². The molecule has 4 rings (SSSR count). The largest absolute Gasteiger partial charge is 0.389 e. The predicted molar refractivity (Wildman–Crippen MR) is 98.0 cm³/mol. The second-order valence-corrected chi connectivity index (χ2v) is 7.28. The van der Waals surface area contributed by atoms with E-state index in [1.807, 2.05) is 23.7 Å². The Kier molecular flexibility index (Phi) is 4.93. The Morgan fingerprint density at radius 1 is 1.31 bits per heavy atom. The lowest BCUT2D eigenvalue weighted by Crippen LogP contribution is -2.58. The number of hydrogen-bond donors (Lipinski definition) is 2. The number of amides is 1. The van der Waals surface area contributed by atoms with Crippen LogP contribution in [0.4, 0.5) is 0 Å². The molecule has 2 heterocycles. The lowest BCUT2D eigenvalue weighted by atomic mass is 9.86. The van der Waals surface area contributed by atoms with Gasteiger partial charge in [-0.1, -0.05) is 0 Å². The van der Waals surface area contributed by atoms with Crippen LogP contribution in [0, 0.1) is 0 Å². The van der Waals surface area contributed by atoms with Gasteiger partial charge in [0, 0.05) is 31.7 Å². The van der Waals surface area contributed by atoms with Gasteiger partial charge in [-0.3, -0.25) is 9.69 Å². The fourth-order valence-electron chi connectivity index (χ4n) is 4.15. The molecule has 1 saturated heterocycles. The zero-order chi connectivity index (χ0) is 18.1. The second-order valence-electron chi connectivity index (χ2n) is 7.28. The highest BCUT2D eigenvalue weighted by Crippen LogP contribution is 2.25. The molecule has 26 heavy (non-hydrogen) atoms. The summed E-state index contributed by atoms with van der Waals surface area (Å²) in [4.78, 5) is 19.3. The number of aromatic nitrogens is 2. The maximum atomic E-state index is 12.7. The average molecular weight is 358 g/mol. The first-order valence-corrected chi connectivity index (χ1v) is 9.35. The number of hydrogen-bond acceptors (Lipinski definition) is 5. The highest BCUT2D eigenvalue weighted by atomic mass is 16.5. The minimum Gasteiger partial charge on any atom is -0.389 e. The fourth-order valence-corrected chi connectivity index (χ4v) is 4.15. The smallest absolute Gasteiger partial charge is 0.251 e.